The van der Waals surface area contributed by atoms with Crippen LogP contribution in [0.25, 0.3) is 0 Å². The van der Waals surface area contributed by atoms with Crippen LogP contribution in [0.15, 0.2) is 145 Å². The normalized spacial score (nSPS) is 19.3. The van der Waals surface area contributed by atoms with Crippen molar-refractivity contribution in [1.82, 2.24) is 19.6 Å². The first-order valence-electron chi connectivity index (χ1n) is 29.9. The second-order valence-corrected chi connectivity index (χ2v) is 22.4. The Hall–Kier alpha value is -7.58. The van der Waals surface area contributed by atoms with Gasteiger partial charge in [-0.2, -0.15) is 26.3 Å². The van der Waals surface area contributed by atoms with E-state index in [0.29, 0.717) is 44.6 Å². The molecule has 4 saturated heterocycles. The lowest BCUT2D eigenvalue weighted by atomic mass is 9.70. The summed E-state index contributed by atoms with van der Waals surface area (Å²) in [6.45, 7) is 14.4. The number of β-amino-alcohol motifs (C(OH)–C–C–N with tert-alkyl or cyclic N) is 2. The molecule has 24 heteroatoms. The van der Waals surface area contributed by atoms with Gasteiger partial charge < -0.3 is 58.3 Å². The largest absolute Gasteiger partial charge is 0.512 e. The van der Waals surface area contributed by atoms with Crippen LogP contribution in [0.5, 0.6) is 23.0 Å². The number of aromatic hydroxyl groups is 1. The van der Waals surface area contributed by atoms with E-state index in [1.54, 1.807) is 7.11 Å². The third-order valence-electron chi connectivity index (χ3n) is 16.4. The van der Waals surface area contributed by atoms with Crippen LogP contribution < -0.4 is 14.2 Å². The van der Waals surface area contributed by atoms with Crippen molar-refractivity contribution >= 4 is 12.1 Å². The minimum atomic E-state index is -5.64. The number of aliphatic hydroxyl groups is 3. The molecule has 91 heavy (non-hydrogen) atoms. The van der Waals surface area contributed by atoms with Gasteiger partial charge in [-0.3, -0.25) is 19.6 Å². The third kappa shape index (κ3) is 16.2. The lowest BCUT2D eigenvalue weighted by molar-refractivity contribution is -0.290. The Kier molecular flexibility index (Phi) is 24.3. The maximum atomic E-state index is 13.6. The highest BCUT2D eigenvalue weighted by Crippen LogP contribution is 2.58. The predicted octanol–water partition coefficient (Wildman–Crippen LogP) is 11.2. The standard InChI is InChI=1S/C38H42O6.C15H12F6O2.C12H22N4O6.C2H6/c1-37(2,28-9-15-33(16-10-28)41-23-35-25-43-35)27-5-7-29(8-6-27)38(3,30-11-17-32(18-12-30)40-22-21-39-4)31-13-19-34(20-14-31)42-24-36-26-44-36;16-14(17,18)13(15(19,20)21,9-1-5-11(22)6-2-9)10-3-7-12(23)8-4-10;1-21-7-15-10-9(13(3-5-17)11(15)19)14(4-6-18)12(20)16(10)8-22-2;1-2/h5-20,35-36H,21-26H2,1-4H3;1-3,5-7,22-23H,4,8H2;9-10,17-18H,3-8H2,1-2H3;1-2H3. The molecule has 3 atom stereocenters. The Morgan fingerprint density at radius 1 is 0.495 bits per heavy atom. The molecule has 0 saturated carbocycles. The average molecular weight is 1280 g/mol. The summed E-state index contributed by atoms with van der Waals surface area (Å²) in [6.07, 6.45) is -11.4. The number of ether oxygens (including phenoxy) is 8. The van der Waals surface area contributed by atoms with Crippen molar-refractivity contribution in [2.75, 3.05) is 101 Å². The molecular weight excluding hydrogens is 1200 g/mol. The maximum Gasteiger partial charge on any atom is 0.410 e. The van der Waals surface area contributed by atoms with Gasteiger partial charge in [0.15, 0.2) is 6.17 Å². The smallest absolute Gasteiger partial charge is 0.410 e. The molecular formula is C67H82F6N4O14. The third-order valence-corrected chi connectivity index (χ3v) is 16.4. The fourth-order valence-electron chi connectivity index (χ4n) is 11.2. The van der Waals surface area contributed by atoms with E-state index in [1.807, 2.05) is 26.0 Å². The number of rotatable bonds is 25. The zero-order chi connectivity index (χ0) is 66.3. The number of hydrogen-bond acceptors (Lipinski definition) is 14. The Labute approximate surface area is 526 Å². The fraction of sp³-hybridized carbons (Fsp3) is 0.463. The molecule has 0 aromatic heterocycles. The van der Waals surface area contributed by atoms with Gasteiger partial charge in [0.25, 0.3) is 0 Å². The summed E-state index contributed by atoms with van der Waals surface area (Å²) < 4.78 is 125. The molecule has 0 bridgehead atoms. The highest BCUT2D eigenvalue weighted by atomic mass is 19.4. The molecule has 496 valence electrons. The van der Waals surface area contributed by atoms with Crippen molar-refractivity contribution in [3.8, 4) is 23.0 Å². The number of aliphatic hydroxyl groups excluding tert-OH is 3. The molecule has 0 spiro atoms. The quantitative estimate of drug-likeness (QED) is 0.0186. The SMILES string of the molecule is CC.COCCOc1ccc(C(C)(c2ccc(OCC3CO3)cc2)c2ccc(C(C)(C)c3ccc(OCC4CO4)cc3)cc2)cc1.COCN1C(=O)N(CCO)C2C1N(COC)C(=O)N2CCO.OC1=CC=C(C(c2ccc(O)cc2)(C(F)(F)F)C(F)(F)F)CC1. The van der Waals surface area contributed by atoms with E-state index in [-0.39, 0.29) is 81.6 Å². The van der Waals surface area contributed by atoms with Gasteiger partial charge in [0.1, 0.15) is 74.7 Å². The van der Waals surface area contributed by atoms with E-state index in [0.717, 1.165) is 48.7 Å². The summed E-state index contributed by atoms with van der Waals surface area (Å²) >= 11 is 0. The number of halogens is 6. The first-order valence-corrected chi connectivity index (χ1v) is 29.9. The summed E-state index contributed by atoms with van der Waals surface area (Å²) in [4.78, 5) is 30.6. The first kappa shape index (κ1) is 70.9. The summed E-state index contributed by atoms with van der Waals surface area (Å²) in [5, 5.41) is 36.8. The van der Waals surface area contributed by atoms with E-state index in [2.05, 4.69) is 106 Å². The number of carbonyl (C=O) groups is 2. The summed E-state index contributed by atoms with van der Waals surface area (Å²) in [7, 11) is 4.60. The van der Waals surface area contributed by atoms with Crippen LogP contribution in [0.4, 0.5) is 35.9 Å². The topological polar surface area (TPSA) is 208 Å². The second-order valence-electron chi connectivity index (χ2n) is 22.4. The van der Waals surface area contributed by atoms with Gasteiger partial charge in [0, 0.05) is 51.7 Å². The number of methoxy groups -OCH3 is 3. The van der Waals surface area contributed by atoms with Crippen molar-refractivity contribution in [2.24, 2.45) is 0 Å². The van der Waals surface area contributed by atoms with E-state index >= 15 is 0 Å². The van der Waals surface area contributed by atoms with Crippen LogP contribution in [0.3, 0.4) is 0 Å². The van der Waals surface area contributed by atoms with Gasteiger partial charge in [-0.25, -0.2) is 9.59 Å². The molecule has 18 nitrogen and oxygen atoms in total. The molecule has 4 amide bonds. The van der Waals surface area contributed by atoms with Crippen LogP contribution in [0, 0.1) is 0 Å². The number of benzene rings is 5. The summed E-state index contributed by atoms with van der Waals surface area (Å²) in [5.41, 5.74) is -0.667. The van der Waals surface area contributed by atoms with Crippen molar-refractivity contribution in [1.29, 1.82) is 0 Å². The number of urea groups is 2. The number of phenolic OH excluding ortho intramolecular Hbond substituents is 1. The number of fused-ring (bicyclic) bond motifs is 1. The number of allylic oxidation sites excluding steroid dienone is 4. The molecule has 5 aliphatic rings. The van der Waals surface area contributed by atoms with Crippen molar-refractivity contribution in [3.63, 3.8) is 0 Å². The van der Waals surface area contributed by atoms with E-state index in [9.17, 15) is 51.3 Å². The Bertz CT molecular complexity index is 3100. The van der Waals surface area contributed by atoms with Crippen molar-refractivity contribution in [2.45, 2.75) is 101 Å². The Morgan fingerprint density at radius 2 is 0.868 bits per heavy atom. The number of alkyl halides is 6. The molecule has 5 aromatic carbocycles. The van der Waals surface area contributed by atoms with Gasteiger partial charge in [0.05, 0.1) is 38.8 Å². The van der Waals surface area contributed by atoms with E-state index < -0.39 is 58.8 Å². The monoisotopic (exact) mass is 1280 g/mol. The molecule has 1 aliphatic carbocycles. The molecule has 5 aromatic rings. The molecule has 10 rings (SSSR count). The van der Waals surface area contributed by atoms with Crippen LogP contribution in [0.2, 0.25) is 0 Å². The number of hydrogen-bond donors (Lipinski definition) is 4. The first-order chi connectivity index (χ1) is 43.5. The fourth-order valence-corrected chi connectivity index (χ4v) is 11.2. The maximum absolute atomic E-state index is 13.6. The van der Waals surface area contributed by atoms with E-state index in [4.69, 9.17) is 43.0 Å². The van der Waals surface area contributed by atoms with Crippen LogP contribution in [0.1, 0.15) is 80.8 Å². The van der Waals surface area contributed by atoms with Gasteiger partial charge in [0.2, 0.25) is 5.41 Å². The molecule has 4 heterocycles. The lowest BCUT2D eigenvalue weighted by Gasteiger charge is -2.40. The number of amides is 4. The minimum absolute atomic E-state index is 0.0163. The van der Waals surface area contributed by atoms with Gasteiger partial charge in [-0.15, -0.1) is 0 Å². The van der Waals surface area contributed by atoms with Crippen LogP contribution in [-0.4, -0.2) is 190 Å². The van der Waals surface area contributed by atoms with Gasteiger partial charge in [-0.05, 0) is 107 Å². The lowest BCUT2D eigenvalue weighted by Crippen LogP contribution is -2.55. The summed E-state index contributed by atoms with van der Waals surface area (Å²) in [5.74, 6) is 1.83. The summed E-state index contributed by atoms with van der Waals surface area (Å²) in [6, 6.07) is 36.4. The van der Waals surface area contributed by atoms with Crippen LogP contribution >= 0.6 is 0 Å². The van der Waals surface area contributed by atoms with Gasteiger partial charge in [-0.1, -0.05) is 107 Å². The molecule has 3 unspecified atom stereocenters. The van der Waals surface area contributed by atoms with E-state index in [1.165, 1.54) is 61.6 Å². The molecule has 0 radical (unpaired) electrons. The predicted molar refractivity (Wildman–Crippen MR) is 326 cm³/mol. The minimum Gasteiger partial charge on any atom is -0.512 e. The zero-order valence-corrected chi connectivity index (χ0v) is 52.3. The Balaban J connectivity index is 0.000000211. The number of phenols is 1. The van der Waals surface area contributed by atoms with Crippen LogP contribution in [-0.2, 0) is 39.9 Å². The molecule has 4 N–H and O–H groups in total. The zero-order valence-electron chi connectivity index (χ0n) is 52.3. The van der Waals surface area contributed by atoms with Crippen molar-refractivity contribution in [3.05, 3.63) is 178 Å². The number of carbonyl (C=O) groups excluding carboxylic acids is 2. The highest BCUT2D eigenvalue weighted by Gasteiger charge is 2.73. The molecule has 4 fully saturated rings. The van der Waals surface area contributed by atoms with Crippen molar-refractivity contribution < 1.29 is 94.3 Å². The average Bonchev–Trinajstić information content (AvgIpc) is 1.47. The number of nitrogens with zero attached hydrogens (tertiary/aromatic N) is 4. The number of epoxide rings is 2. The highest BCUT2D eigenvalue weighted by molar-refractivity contribution is 5.85. The Morgan fingerprint density at radius 3 is 1.23 bits per heavy atom. The second kappa shape index (κ2) is 31.2. The molecule has 4 aliphatic heterocycles. The van der Waals surface area contributed by atoms with Gasteiger partial charge >= 0.3 is 24.4 Å².